The number of fused-ring (bicyclic) bond motifs is 2. The van der Waals surface area contributed by atoms with Crippen LogP contribution in [0.15, 0.2) is 18.3 Å². The van der Waals surface area contributed by atoms with E-state index in [0.717, 1.165) is 6.42 Å². The normalized spacial score (nSPS) is 34.2. The molecule has 1 N–H and O–H groups in total. The van der Waals surface area contributed by atoms with Crippen molar-refractivity contribution in [2.24, 2.45) is 16.7 Å². The number of nitrogens with one attached hydrogen (secondary N) is 1. The third-order valence-corrected chi connectivity index (χ3v) is 5.53. The van der Waals surface area contributed by atoms with Gasteiger partial charge in [0.25, 0.3) is 5.91 Å². The van der Waals surface area contributed by atoms with E-state index in [0.29, 0.717) is 11.5 Å². The number of halogens is 1. The number of pyridine rings is 1. The predicted molar refractivity (Wildman–Crippen MR) is 74.7 cm³/mol. The van der Waals surface area contributed by atoms with Crippen LogP contribution in [0.2, 0.25) is 0 Å². The number of nitrogens with zero attached hydrogens (tertiary/aromatic N) is 1. The molecule has 1 heterocycles. The second kappa shape index (κ2) is 4.27. The molecular weight excluding hydrogens is 255 g/mol. The molecule has 2 fully saturated rings. The smallest absolute Gasteiger partial charge is 0.251 e. The van der Waals surface area contributed by atoms with E-state index in [-0.39, 0.29) is 22.8 Å². The summed E-state index contributed by atoms with van der Waals surface area (Å²) >= 11 is 0. The van der Waals surface area contributed by atoms with Crippen LogP contribution in [0, 0.1) is 22.7 Å². The fourth-order valence-corrected chi connectivity index (χ4v) is 4.42. The second-order valence-corrected chi connectivity index (χ2v) is 7.19. The minimum Gasteiger partial charge on any atom is -0.348 e. The Balaban J connectivity index is 1.82. The number of carbonyl (C=O) groups excluding carboxylic acids is 1. The maximum Gasteiger partial charge on any atom is 0.251 e. The molecule has 4 heteroatoms. The van der Waals surface area contributed by atoms with Gasteiger partial charge in [-0.2, -0.15) is 4.39 Å². The van der Waals surface area contributed by atoms with Crippen molar-refractivity contribution in [1.29, 1.82) is 0 Å². The Morgan fingerprint density at radius 1 is 1.45 bits per heavy atom. The molecule has 2 bridgehead atoms. The lowest BCUT2D eigenvalue weighted by atomic mass is 9.68. The van der Waals surface area contributed by atoms with E-state index < -0.39 is 5.95 Å². The van der Waals surface area contributed by atoms with Gasteiger partial charge in [0.05, 0.1) is 0 Å². The van der Waals surface area contributed by atoms with E-state index >= 15 is 0 Å². The van der Waals surface area contributed by atoms with Crippen LogP contribution < -0.4 is 5.32 Å². The van der Waals surface area contributed by atoms with Crippen LogP contribution >= 0.6 is 0 Å². The van der Waals surface area contributed by atoms with Crippen LogP contribution in [0.25, 0.3) is 0 Å². The number of amides is 1. The first-order chi connectivity index (χ1) is 9.33. The van der Waals surface area contributed by atoms with Gasteiger partial charge < -0.3 is 5.32 Å². The highest BCUT2D eigenvalue weighted by Gasteiger charge is 2.59. The summed E-state index contributed by atoms with van der Waals surface area (Å²) in [6.45, 7) is 6.74. The lowest BCUT2D eigenvalue weighted by Gasteiger charge is -2.43. The van der Waals surface area contributed by atoms with E-state index in [1.807, 2.05) is 0 Å². The molecule has 3 unspecified atom stereocenters. The number of aromatic nitrogens is 1. The topological polar surface area (TPSA) is 42.0 Å². The lowest BCUT2D eigenvalue weighted by Crippen LogP contribution is -2.52. The zero-order chi connectivity index (χ0) is 14.5. The fourth-order valence-electron chi connectivity index (χ4n) is 4.42. The van der Waals surface area contributed by atoms with E-state index in [4.69, 9.17) is 0 Å². The van der Waals surface area contributed by atoms with Gasteiger partial charge in [-0.05, 0) is 42.1 Å². The Morgan fingerprint density at radius 2 is 2.20 bits per heavy atom. The van der Waals surface area contributed by atoms with E-state index in [1.54, 1.807) is 6.07 Å². The first-order valence-electron chi connectivity index (χ1n) is 7.25. The molecule has 0 aliphatic heterocycles. The molecule has 1 aromatic heterocycles. The summed E-state index contributed by atoms with van der Waals surface area (Å²) in [4.78, 5) is 15.8. The molecule has 2 aliphatic rings. The van der Waals surface area contributed by atoms with Crippen molar-refractivity contribution in [3.63, 3.8) is 0 Å². The molecule has 0 aromatic carbocycles. The molecule has 2 aliphatic carbocycles. The summed E-state index contributed by atoms with van der Waals surface area (Å²) in [7, 11) is 0. The van der Waals surface area contributed by atoms with Crippen molar-refractivity contribution in [3.8, 4) is 0 Å². The van der Waals surface area contributed by atoms with Crippen molar-refractivity contribution < 1.29 is 9.18 Å². The Hall–Kier alpha value is -1.45. The van der Waals surface area contributed by atoms with Gasteiger partial charge in [0, 0.05) is 23.9 Å². The molecule has 0 radical (unpaired) electrons. The van der Waals surface area contributed by atoms with E-state index in [2.05, 4.69) is 31.1 Å². The van der Waals surface area contributed by atoms with Crippen molar-refractivity contribution in [2.75, 3.05) is 0 Å². The molecule has 20 heavy (non-hydrogen) atoms. The predicted octanol–water partition coefficient (Wildman–Crippen LogP) is 3.17. The van der Waals surface area contributed by atoms with Crippen LogP contribution in [0.1, 0.15) is 50.4 Å². The highest BCUT2D eigenvalue weighted by molar-refractivity contribution is 5.94. The summed E-state index contributed by atoms with van der Waals surface area (Å²) in [5.41, 5.74) is 0.628. The summed E-state index contributed by atoms with van der Waals surface area (Å²) in [5.74, 6) is -0.138. The van der Waals surface area contributed by atoms with Gasteiger partial charge in [0.1, 0.15) is 0 Å². The fraction of sp³-hybridized carbons (Fsp3) is 0.625. The van der Waals surface area contributed by atoms with Crippen LogP contribution in [0.4, 0.5) is 4.39 Å². The zero-order valence-corrected chi connectivity index (χ0v) is 12.2. The third-order valence-electron chi connectivity index (χ3n) is 5.53. The molecule has 3 nitrogen and oxygen atoms in total. The molecule has 0 spiro atoms. The summed E-state index contributed by atoms with van der Waals surface area (Å²) in [5, 5.41) is 3.15. The van der Waals surface area contributed by atoms with Crippen molar-refractivity contribution >= 4 is 5.91 Å². The first-order valence-corrected chi connectivity index (χ1v) is 7.25. The monoisotopic (exact) mass is 276 g/mol. The average Bonchev–Trinajstić information content (AvgIpc) is 2.85. The average molecular weight is 276 g/mol. The Kier molecular flexibility index (Phi) is 2.89. The maximum atomic E-state index is 13.1. The van der Waals surface area contributed by atoms with Crippen LogP contribution in [0.3, 0.4) is 0 Å². The summed E-state index contributed by atoms with van der Waals surface area (Å²) in [6.07, 6.45) is 4.92. The van der Waals surface area contributed by atoms with Crippen molar-refractivity contribution in [3.05, 3.63) is 29.8 Å². The third kappa shape index (κ3) is 1.93. The molecule has 108 valence electrons. The van der Waals surface area contributed by atoms with Gasteiger partial charge in [0.2, 0.25) is 5.95 Å². The quantitative estimate of drug-likeness (QED) is 0.843. The van der Waals surface area contributed by atoms with Crippen LogP contribution in [-0.2, 0) is 0 Å². The first kappa shape index (κ1) is 13.5. The number of carbonyl (C=O) groups is 1. The number of hydrogen-bond acceptors (Lipinski definition) is 2. The molecule has 1 aromatic rings. The minimum absolute atomic E-state index is 0.105. The van der Waals surface area contributed by atoms with Gasteiger partial charge in [-0.15, -0.1) is 0 Å². The maximum absolute atomic E-state index is 13.1. The summed E-state index contributed by atoms with van der Waals surface area (Å²) in [6, 6.07) is 2.90. The largest absolute Gasteiger partial charge is 0.348 e. The molecule has 3 atom stereocenters. The van der Waals surface area contributed by atoms with E-state index in [9.17, 15) is 9.18 Å². The molecule has 1 amide bonds. The van der Waals surface area contributed by atoms with Crippen molar-refractivity contribution in [2.45, 2.75) is 46.1 Å². The van der Waals surface area contributed by atoms with Crippen LogP contribution in [0.5, 0.6) is 0 Å². The van der Waals surface area contributed by atoms with Gasteiger partial charge in [-0.1, -0.05) is 20.8 Å². The SMILES string of the molecule is CC12CCC(C1)C(C)(C)C2NC(=O)c1ccnc(F)c1. The Labute approximate surface area is 119 Å². The minimum atomic E-state index is -0.615. The lowest BCUT2D eigenvalue weighted by molar-refractivity contribution is 0.0737. The Morgan fingerprint density at radius 3 is 2.80 bits per heavy atom. The Bertz CT molecular complexity index is 552. The van der Waals surface area contributed by atoms with Crippen LogP contribution in [-0.4, -0.2) is 16.9 Å². The summed E-state index contributed by atoms with van der Waals surface area (Å²) < 4.78 is 13.1. The standard InChI is InChI=1S/C16H21FN2O/c1-15(2)11-4-6-16(3,9-11)14(15)19-13(20)10-5-7-18-12(17)8-10/h5,7-8,11,14H,4,6,9H2,1-3H3,(H,19,20). The highest BCUT2D eigenvalue weighted by atomic mass is 19.1. The molecule has 0 saturated heterocycles. The second-order valence-electron chi connectivity index (χ2n) is 7.19. The van der Waals surface area contributed by atoms with E-state index in [1.165, 1.54) is 25.1 Å². The zero-order valence-electron chi connectivity index (χ0n) is 12.2. The molecular formula is C16H21FN2O. The van der Waals surface area contributed by atoms with Gasteiger partial charge in [0.15, 0.2) is 0 Å². The van der Waals surface area contributed by atoms with Crippen molar-refractivity contribution in [1.82, 2.24) is 10.3 Å². The van der Waals surface area contributed by atoms with Gasteiger partial charge in [-0.3, -0.25) is 4.79 Å². The number of rotatable bonds is 2. The highest BCUT2D eigenvalue weighted by Crippen LogP contribution is 2.62. The number of hydrogen-bond donors (Lipinski definition) is 1. The van der Waals surface area contributed by atoms with Gasteiger partial charge >= 0.3 is 0 Å². The molecule has 3 rings (SSSR count). The molecule has 2 saturated carbocycles. The van der Waals surface area contributed by atoms with Gasteiger partial charge in [-0.25, -0.2) is 4.98 Å².